The Bertz CT molecular complexity index is 401. The Hall–Kier alpha value is -1.55. The number of ether oxygens (including phenoxy) is 1. The van der Waals surface area contributed by atoms with Crippen molar-refractivity contribution in [2.45, 2.75) is 27.4 Å². The molecule has 0 aliphatic heterocycles. The van der Waals surface area contributed by atoms with E-state index in [1.165, 1.54) is 0 Å². The van der Waals surface area contributed by atoms with Gasteiger partial charge in [0.15, 0.2) is 0 Å². The Kier molecular flexibility index (Phi) is 4.31. The highest BCUT2D eigenvalue weighted by Gasteiger charge is 2.08. The van der Waals surface area contributed by atoms with Crippen LogP contribution in [0.1, 0.15) is 30.9 Å². The summed E-state index contributed by atoms with van der Waals surface area (Å²) in [5.41, 5.74) is 1.34. The van der Waals surface area contributed by atoms with Crippen LogP contribution in [0.2, 0.25) is 0 Å². The van der Waals surface area contributed by atoms with E-state index in [1.54, 1.807) is 26.0 Å². The molecule has 0 aliphatic rings. The minimum atomic E-state index is -0.359. The highest BCUT2D eigenvalue weighted by atomic mass is 16.5. The normalized spacial score (nSPS) is 11.6. The molecule has 0 fully saturated rings. The van der Waals surface area contributed by atoms with Gasteiger partial charge >= 0.3 is 5.97 Å². The van der Waals surface area contributed by atoms with Gasteiger partial charge in [0.1, 0.15) is 18.1 Å². The average Bonchev–Trinajstić information content (AvgIpc) is 2.59. The molecule has 0 radical (unpaired) electrons. The van der Waals surface area contributed by atoms with Crippen LogP contribution in [0, 0.1) is 6.92 Å². The van der Waals surface area contributed by atoms with Crippen LogP contribution in [0.4, 0.5) is 0 Å². The summed E-state index contributed by atoms with van der Waals surface area (Å²) >= 11 is 0. The first-order valence-corrected chi connectivity index (χ1v) is 5.14. The second-order valence-corrected chi connectivity index (χ2v) is 3.46. The molecule has 0 saturated heterocycles. The molecule has 0 aliphatic carbocycles. The number of carbonyl (C=O) groups excluding carboxylic acids is 1. The summed E-state index contributed by atoms with van der Waals surface area (Å²) in [6.07, 6.45) is 1.60. The van der Waals surface area contributed by atoms with Crippen molar-refractivity contribution in [3.05, 3.63) is 28.7 Å². The van der Waals surface area contributed by atoms with E-state index >= 15 is 0 Å². The summed E-state index contributed by atoms with van der Waals surface area (Å²) < 4.78 is 10.2. The highest BCUT2D eigenvalue weighted by molar-refractivity contribution is 5.92. The van der Waals surface area contributed by atoms with E-state index < -0.39 is 0 Å². The van der Waals surface area contributed by atoms with Crippen molar-refractivity contribution < 1.29 is 19.1 Å². The molecule has 0 aromatic carbocycles. The van der Waals surface area contributed by atoms with E-state index in [4.69, 9.17) is 14.3 Å². The standard InChI is InChI=1S/C12H16O4/c1-4-15-12(14)9(3)6-10-5-8(2)11(7-13)16-10/h5-6,13H,4,7H2,1-3H3/b9-6+. The lowest BCUT2D eigenvalue weighted by atomic mass is 10.2. The molecule has 0 bridgehead atoms. The maximum atomic E-state index is 11.3. The van der Waals surface area contributed by atoms with Gasteiger partial charge < -0.3 is 14.3 Å². The summed E-state index contributed by atoms with van der Waals surface area (Å²) in [7, 11) is 0. The first-order valence-electron chi connectivity index (χ1n) is 5.14. The van der Waals surface area contributed by atoms with Gasteiger partial charge in [0.2, 0.25) is 0 Å². The predicted molar refractivity (Wildman–Crippen MR) is 59.7 cm³/mol. The van der Waals surface area contributed by atoms with Crippen LogP contribution in [-0.2, 0) is 16.1 Å². The monoisotopic (exact) mass is 224 g/mol. The Morgan fingerprint density at radius 2 is 2.31 bits per heavy atom. The lowest BCUT2D eigenvalue weighted by Crippen LogP contribution is -2.04. The average molecular weight is 224 g/mol. The smallest absolute Gasteiger partial charge is 0.333 e. The molecule has 1 N–H and O–H groups in total. The van der Waals surface area contributed by atoms with Gasteiger partial charge in [-0.2, -0.15) is 0 Å². The van der Waals surface area contributed by atoms with Gasteiger partial charge in [0.25, 0.3) is 0 Å². The SMILES string of the molecule is CCOC(=O)/C(C)=C/c1cc(C)c(CO)o1. The van der Waals surface area contributed by atoms with Gasteiger partial charge in [-0.3, -0.25) is 0 Å². The van der Waals surface area contributed by atoms with Crippen molar-refractivity contribution >= 4 is 12.0 Å². The number of furan rings is 1. The minimum absolute atomic E-state index is 0.141. The molecule has 0 amide bonds. The van der Waals surface area contributed by atoms with E-state index in [9.17, 15) is 4.79 Å². The third-order valence-electron chi connectivity index (χ3n) is 2.14. The van der Waals surface area contributed by atoms with E-state index in [0.29, 0.717) is 23.7 Å². The Morgan fingerprint density at radius 1 is 1.62 bits per heavy atom. The van der Waals surface area contributed by atoms with Gasteiger partial charge in [-0.15, -0.1) is 0 Å². The molecule has 4 heteroatoms. The Morgan fingerprint density at radius 3 is 2.81 bits per heavy atom. The lowest BCUT2D eigenvalue weighted by molar-refractivity contribution is -0.138. The van der Waals surface area contributed by atoms with Crippen molar-refractivity contribution in [3.63, 3.8) is 0 Å². The fourth-order valence-corrected chi connectivity index (χ4v) is 1.29. The van der Waals surface area contributed by atoms with Gasteiger partial charge in [-0.05, 0) is 38.5 Å². The summed E-state index contributed by atoms with van der Waals surface area (Å²) in [5, 5.41) is 8.95. The second-order valence-electron chi connectivity index (χ2n) is 3.46. The van der Waals surface area contributed by atoms with Crippen LogP contribution < -0.4 is 0 Å². The van der Waals surface area contributed by atoms with Crippen molar-refractivity contribution in [2.24, 2.45) is 0 Å². The zero-order valence-electron chi connectivity index (χ0n) is 9.74. The van der Waals surface area contributed by atoms with Crippen LogP contribution in [0.15, 0.2) is 16.1 Å². The Labute approximate surface area is 94.5 Å². The highest BCUT2D eigenvalue weighted by Crippen LogP contribution is 2.17. The van der Waals surface area contributed by atoms with Crippen LogP contribution in [-0.4, -0.2) is 17.7 Å². The van der Waals surface area contributed by atoms with Crippen molar-refractivity contribution in [3.8, 4) is 0 Å². The maximum absolute atomic E-state index is 11.3. The lowest BCUT2D eigenvalue weighted by Gasteiger charge is -1.99. The van der Waals surface area contributed by atoms with Gasteiger partial charge in [0.05, 0.1) is 6.61 Å². The minimum Gasteiger partial charge on any atom is -0.463 e. The van der Waals surface area contributed by atoms with E-state index in [-0.39, 0.29) is 12.6 Å². The number of aliphatic hydroxyl groups is 1. The molecular formula is C12H16O4. The molecule has 4 nitrogen and oxygen atoms in total. The van der Waals surface area contributed by atoms with Crippen LogP contribution in [0.25, 0.3) is 6.08 Å². The number of hydrogen-bond acceptors (Lipinski definition) is 4. The van der Waals surface area contributed by atoms with E-state index in [0.717, 1.165) is 5.56 Å². The van der Waals surface area contributed by atoms with Crippen molar-refractivity contribution in [2.75, 3.05) is 6.61 Å². The molecular weight excluding hydrogens is 208 g/mol. The molecule has 16 heavy (non-hydrogen) atoms. The first kappa shape index (κ1) is 12.5. The molecule has 1 rings (SSSR count). The quantitative estimate of drug-likeness (QED) is 0.628. The summed E-state index contributed by atoms with van der Waals surface area (Å²) in [4.78, 5) is 11.3. The molecule has 0 unspecified atom stereocenters. The zero-order valence-corrected chi connectivity index (χ0v) is 9.74. The first-order chi connectivity index (χ1) is 7.58. The molecule has 1 aromatic rings. The van der Waals surface area contributed by atoms with Crippen LogP contribution in [0.5, 0.6) is 0 Å². The third-order valence-corrected chi connectivity index (χ3v) is 2.14. The van der Waals surface area contributed by atoms with Crippen LogP contribution in [0.3, 0.4) is 0 Å². The molecule has 0 saturated carbocycles. The number of hydrogen-bond donors (Lipinski definition) is 1. The van der Waals surface area contributed by atoms with Gasteiger partial charge in [-0.1, -0.05) is 0 Å². The zero-order chi connectivity index (χ0) is 12.1. The molecule has 1 heterocycles. The number of rotatable bonds is 4. The largest absolute Gasteiger partial charge is 0.463 e. The fourth-order valence-electron chi connectivity index (χ4n) is 1.29. The third kappa shape index (κ3) is 2.97. The number of aliphatic hydroxyl groups excluding tert-OH is 1. The fraction of sp³-hybridized carbons (Fsp3) is 0.417. The van der Waals surface area contributed by atoms with Crippen molar-refractivity contribution in [1.29, 1.82) is 0 Å². The Balaban J connectivity index is 2.85. The molecule has 0 atom stereocenters. The number of esters is 1. The van der Waals surface area contributed by atoms with Crippen molar-refractivity contribution in [1.82, 2.24) is 0 Å². The summed E-state index contributed by atoms with van der Waals surface area (Å²) in [6.45, 7) is 5.47. The molecule has 1 aromatic heterocycles. The van der Waals surface area contributed by atoms with E-state index in [2.05, 4.69) is 0 Å². The second kappa shape index (κ2) is 5.51. The predicted octanol–water partition coefficient (Wildman–Crippen LogP) is 2.05. The molecule has 0 spiro atoms. The topological polar surface area (TPSA) is 59.7 Å². The van der Waals surface area contributed by atoms with E-state index in [1.807, 2.05) is 6.92 Å². The number of carbonyl (C=O) groups is 1. The summed E-state index contributed by atoms with van der Waals surface area (Å²) in [6, 6.07) is 1.77. The maximum Gasteiger partial charge on any atom is 0.333 e. The van der Waals surface area contributed by atoms with Gasteiger partial charge in [-0.25, -0.2) is 4.79 Å². The number of aryl methyl sites for hydroxylation is 1. The van der Waals surface area contributed by atoms with Gasteiger partial charge in [0, 0.05) is 5.57 Å². The molecule has 88 valence electrons. The summed E-state index contributed by atoms with van der Waals surface area (Å²) in [5.74, 6) is 0.706. The van der Waals surface area contributed by atoms with Crippen LogP contribution >= 0.6 is 0 Å².